The minimum Gasteiger partial charge on any atom is -0.311 e. The molecule has 0 rings (SSSR count). The topological polar surface area (TPSA) is 58.2 Å². The van der Waals surface area contributed by atoms with E-state index < -0.39 is 0 Å². The van der Waals surface area contributed by atoms with Crippen molar-refractivity contribution in [2.24, 2.45) is 0 Å². The highest BCUT2D eigenvalue weighted by Gasteiger charge is 1.95. The number of carbonyl (C=O) groups is 2. The second-order valence-electron chi connectivity index (χ2n) is 2.88. The fourth-order valence-corrected chi connectivity index (χ4v) is 0.737. The highest BCUT2D eigenvalue weighted by molar-refractivity contribution is 5.57. The summed E-state index contributed by atoms with van der Waals surface area (Å²) in [6, 6.07) is 0.111. The maximum Gasteiger partial charge on any atom is 0.136 e. The quantitative estimate of drug-likeness (QED) is 0.611. The van der Waals surface area contributed by atoms with E-state index in [0.717, 1.165) is 25.4 Å². The SMILES string of the molecule is CCC(C=O)NC.CCC(C=O)NC. The summed E-state index contributed by atoms with van der Waals surface area (Å²) in [6.07, 6.45) is 3.58. The minimum absolute atomic E-state index is 0.0556. The van der Waals surface area contributed by atoms with Crippen LogP contribution in [0.1, 0.15) is 26.7 Å². The largest absolute Gasteiger partial charge is 0.311 e. The van der Waals surface area contributed by atoms with Crippen molar-refractivity contribution in [1.82, 2.24) is 10.6 Å². The second-order valence-corrected chi connectivity index (χ2v) is 2.88. The van der Waals surface area contributed by atoms with E-state index in [1.54, 1.807) is 14.1 Å². The number of nitrogens with one attached hydrogen (secondary N) is 2. The molecule has 0 spiro atoms. The number of hydrogen-bond donors (Lipinski definition) is 2. The Morgan fingerprint density at radius 3 is 1.21 bits per heavy atom. The molecule has 2 atom stereocenters. The van der Waals surface area contributed by atoms with Crippen molar-refractivity contribution < 1.29 is 9.59 Å². The minimum atomic E-state index is 0.0556. The van der Waals surface area contributed by atoms with Crippen LogP contribution >= 0.6 is 0 Å². The van der Waals surface area contributed by atoms with Gasteiger partial charge >= 0.3 is 0 Å². The molecular weight excluding hydrogens is 180 g/mol. The maximum absolute atomic E-state index is 9.90. The van der Waals surface area contributed by atoms with Crippen molar-refractivity contribution >= 4 is 12.6 Å². The molecule has 0 radical (unpaired) electrons. The lowest BCUT2D eigenvalue weighted by Crippen LogP contribution is -2.25. The molecule has 0 aliphatic carbocycles. The summed E-state index contributed by atoms with van der Waals surface area (Å²) in [5.74, 6) is 0. The second kappa shape index (κ2) is 12.3. The Bertz CT molecular complexity index is 116. The van der Waals surface area contributed by atoms with E-state index in [9.17, 15) is 9.59 Å². The molecule has 0 fully saturated rings. The highest BCUT2D eigenvalue weighted by Crippen LogP contribution is 1.81. The highest BCUT2D eigenvalue weighted by atomic mass is 16.1. The first-order valence-corrected chi connectivity index (χ1v) is 4.95. The number of hydrogen-bond acceptors (Lipinski definition) is 4. The van der Waals surface area contributed by atoms with Gasteiger partial charge in [0.25, 0.3) is 0 Å². The predicted molar refractivity (Wildman–Crippen MR) is 58.4 cm³/mol. The summed E-state index contributed by atoms with van der Waals surface area (Å²) in [5, 5.41) is 5.67. The molecule has 0 bridgehead atoms. The van der Waals surface area contributed by atoms with Gasteiger partial charge < -0.3 is 20.2 Å². The van der Waals surface area contributed by atoms with Gasteiger partial charge in [-0.25, -0.2) is 0 Å². The Kier molecular flexibility index (Phi) is 13.8. The third-order valence-electron chi connectivity index (χ3n) is 1.95. The summed E-state index contributed by atoms with van der Waals surface area (Å²) >= 11 is 0. The van der Waals surface area contributed by atoms with E-state index in [1.165, 1.54) is 0 Å². The zero-order valence-electron chi connectivity index (χ0n) is 9.54. The summed E-state index contributed by atoms with van der Waals surface area (Å²) < 4.78 is 0. The summed E-state index contributed by atoms with van der Waals surface area (Å²) in [7, 11) is 3.56. The van der Waals surface area contributed by atoms with Crippen molar-refractivity contribution in [3.05, 3.63) is 0 Å². The first-order valence-electron chi connectivity index (χ1n) is 4.95. The van der Waals surface area contributed by atoms with Gasteiger partial charge in [-0.15, -0.1) is 0 Å². The van der Waals surface area contributed by atoms with Crippen LogP contribution in [0.4, 0.5) is 0 Å². The Balaban J connectivity index is 0. The molecule has 0 saturated heterocycles. The Morgan fingerprint density at radius 1 is 0.929 bits per heavy atom. The number of likely N-dealkylation sites (N-methyl/N-ethyl adjacent to an activating group) is 2. The van der Waals surface area contributed by atoms with Gasteiger partial charge in [0.1, 0.15) is 12.6 Å². The van der Waals surface area contributed by atoms with Crippen LogP contribution in [0.25, 0.3) is 0 Å². The molecule has 0 aromatic heterocycles. The van der Waals surface area contributed by atoms with Crippen molar-refractivity contribution in [2.75, 3.05) is 14.1 Å². The van der Waals surface area contributed by atoms with Gasteiger partial charge in [0.2, 0.25) is 0 Å². The maximum atomic E-state index is 9.90. The molecule has 4 nitrogen and oxygen atoms in total. The van der Waals surface area contributed by atoms with Crippen LogP contribution < -0.4 is 10.6 Å². The number of aldehydes is 2. The monoisotopic (exact) mass is 202 g/mol. The van der Waals surface area contributed by atoms with Gasteiger partial charge in [-0.2, -0.15) is 0 Å². The Labute approximate surface area is 86.5 Å². The average molecular weight is 202 g/mol. The molecule has 0 aliphatic heterocycles. The van der Waals surface area contributed by atoms with Gasteiger partial charge in [-0.3, -0.25) is 0 Å². The molecule has 0 aliphatic rings. The molecule has 0 aromatic rings. The lowest BCUT2D eigenvalue weighted by Gasteiger charge is -2.00. The van der Waals surface area contributed by atoms with E-state index in [4.69, 9.17) is 0 Å². The van der Waals surface area contributed by atoms with Crippen molar-refractivity contribution in [3.63, 3.8) is 0 Å². The fraction of sp³-hybridized carbons (Fsp3) is 0.800. The van der Waals surface area contributed by atoms with Gasteiger partial charge in [0.05, 0.1) is 12.1 Å². The van der Waals surface area contributed by atoms with Gasteiger partial charge in [0.15, 0.2) is 0 Å². The van der Waals surface area contributed by atoms with Crippen LogP contribution in [0, 0.1) is 0 Å². The molecule has 0 amide bonds. The smallest absolute Gasteiger partial charge is 0.136 e. The summed E-state index contributed by atoms with van der Waals surface area (Å²) in [5.41, 5.74) is 0. The van der Waals surface area contributed by atoms with Gasteiger partial charge in [0, 0.05) is 0 Å². The van der Waals surface area contributed by atoms with Crippen molar-refractivity contribution in [1.29, 1.82) is 0 Å². The van der Waals surface area contributed by atoms with E-state index in [1.807, 2.05) is 13.8 Å². The molecule has 14 heavy (non-hydrogen) atoms. The van der Waals surface area contributed by atoms with Crippen LogP contribution in [0.3, 0.4) is 0 Å². The molecule has 2 unspecified atom stereocenters. The molecule has 0 aromatic carbocycles. The number of rotatable bonds is 6. The lowest BCUT2D eigenvalue weighted by atomic mass is 10.3. The van der Waals surface area contributed by atoms with Crippen molar-refractivity contribution in [3.8, 4) is 0 Å². The molecule has 0 heterocycles. The average Bonchev–Trinajstić information content (AvgIpc) is 2.24. The van der Waals surface area contributed by atoms with E-state index in [-0.39, 0.29) is 12.1 Å². The van der Waals surface area contributed by atoms with E-state index >= 15 is 0 Å². The van der Waals surface area contributed by atoms with E-state index in [2.05, 4.69) is 10.6 Å². The molecule has 4 heteroatoms. The molecular formula is C10H22N2O2. The third-order valence-corrected chi connectivity index (χ3v) is 1.95. The number of carbonyl (C=O) groups excluding carboxylic acids is 2. The zero-order chi connectivity index (χ0) is 11.4. The first kappa shape index (κ1) is 15.7. The predicted octanol–water partition coefficient (Wildman–Crippen LogP) is 0.367. The summed E-state index contributed by atoms with van der Waals surface area (Å²) in [4.78, 5) is 19.8. The normalized spacial score (nSPS) is 13.4. The standard InChI is InChI=1S/2C5H11NO/c2*1-3-5(4-7)6-2/h2*4-6H,3H2,1-2H3. The van der Waals surface area contributed by atoms with E-state index in [0.29, 0.717) is 0 Å². The zero-order valence-corrected chi connectivity index (χ0v) is 9.54. The summed E-state index contributed by atoms with van der Waals surface area (Å²) in [6.45, 7) is 3.94. The van der Waals surface area contributed by atoms with Crippen LogP contribution in [0.15, 0.2) is 0 Å². The first-order chi connectivity index (χ1) is 6.69. The van der Waals surface area contributed by atoms with Crippen LogP contribution in [0.5, 0.6) is 0 Å². The van der Waals surface area contributed by atoms with Crippen LogP contribution in [-0.4, -0.2) is 38.8 Å². The third kappa shape index (κ3) is 9.35. The Morgan fingerprint density at radius 2 is 1.21 bits per heavy atom. The Hall–Kier alpha value is -0.740. The fourth-order valence-electron chi connectivity index (χ4n) is 0.737. The molecule has 84 valence electrons. The van der Waals surface area contributed by atoms with Gasteiger partial charge in [-0.05, 0) is 26.9 Å². The van der Waals surface area contributed by atoms with Crippen LogP contribution in [0.2, 0.25) is 0 Å². The van der Waals surface area contributed by atoms with Crippen LogP contribution in [-0.2, 0) is 9.59 Å². The molecule has 0 saturated carbocycles. The lowest BCUT2D eigenvalue weighted by molar-refractivity contribution is -0.110. The van der Waals surface area contributed by atoms with Crippen molar-refractivity contribution in [2.45, 2.75) is 38.8 Å². The van der Waals surface area contributed by atoms with Gasteiger partial charge in [-0.1, -0.05) is 13.8 Å². The molecule has 2 N–H and O–H groups in total.